The lowest BCUT2D eigenvalue weighted by Crippen LogP contribution is -2.52. The van der Waals surface area contributed by atoms with Crippen molar-refractivity contribution in [3.63, 3.8) is 0 Å². The Kier molecular flexibility index (Phi) is 5.29. The number of rotatable bonds is 3. The number of sulfonamides is 1. The monoisotopic (exact) mass is 435 g/mol. The summed E-state index contributed by atoms with van der Waals surface area (Å²) in [5.41, 5.74) is 0.799. The second-order valence-electron chi connectivity index (χ2n) is 7.20. The Labute approximate surface area is 172 Å². The van der Waals surface area contributed by atoms with E-state index < -0.39 is 32.5 Å². The zero-order valence-electron chi connectivity index (χ0n) is 15.8. The Morgan fingerprint density at radius 1 is 1.03 bits per heavy atom. The largest absolute Gasteiger partial charge is 0.340 e. The molecule has 158 valence electrons. The summed E-state index contributed by atoms with van der Waals surface area (Å²) in [4.78, 5) is 26.1. The molecule has 2 aliphatic heterocycles. The van der Waals surface area contributed by atoms with Crippen LogP contribution in [0, 0.1) is 11.6 Å². The van der Waals surface area contributed by atoms with Crippen molar-refractivity contribution < 1.29 is 26.8 Å². The van der Waals surface area contributed by atoms with Gasteiger partial charge in [-0.15, -0.1) is 0 Å². The lowest BCUT2D eigenvalue weighted by molar-refractivity contribution is -0.136. The van der Waals surface area contributed by atoms with E-state index in [1.807, 2.05) is 0 Å². The molecular weight excluding hydrogens is 416 g/mol. The molecule has 2 heterocycles. The summed E-state index contributed by atoms with van der Waals surface area (Å²) in [5, 5.41) is 2.57. The molecule has 2 aliphatic rings. The lowest BCUT2D eigenvalue weighted by Gasteiger charge is -2.36. The van der Waals surface area contributed by atoms with Crippen LogP contribution in [0.1, 0.15) is 17.9 Å². The fraction of sp³-hybridized carbons (Fsp3) is 0.300. The molecule has 2 aromatic carbocycles. The molecule has 0 aliphatic carbocycles. The highest BCUT2D eigenvalue weighted by Crippen LogP contribution is 2.34. The predicted octanol–water partition coefficient (Wildman–Crippen LogP) is 1.92. The van der Waals surface area contributed by atoms with Gasteiger partial charge in [0.15, 0.2) is 0 Å². The van der Waals surface area contributed by atoms with Crippen LogP contribution in [0.3, 0.4) is 0 Å². The summed E-state index contributed by atoms with van der Waals surface area (Å²) in [7, 11) is -4.01. The molecule has 0 radical (unpaired) electrons. The summed E-state index contributed by atoms with van der Waals surface area (Å²) < 4.78 is 54.0. The maximum absolute atomic E-state index is 14.0. The average molecular weight is 435 g/mol. The van der Waals surface area contributed by atoms with E-state index in [4.69, 9.17) is 0 Å². The molecule has 4 rings (SSSR count). The van der Waals surface area contributed by atoms with E-state index in [0.717, 1.165) is 10.4 Å². The third-order valence-corrected chi connectivity index (χ3v) is 7.29. The van der Waals surface area contributed by atoms with Gasteiger partial charge in [-0.3, -0.25) is 9.59 Å². The standard InChI is InChI=1S/C20H19F2N3O4S/c21-13-5-6-14-15(12-19(26)23-17(14)11-13)20(27)24-7-9-25(10-8-24)30(28,29)18-4-2-1-3-16(18)22/h1-6,11,15H,7-10,12H2,(H,23,26)/t15-/m0/s1. The van der Waals surface area contributed by atoms with E-state index in [-0.39, 0.29) is 50.1 Å². The van der Waals surface area contributed by atoms with Crippen molar-refractivity contribution >= 4 is 27.5 Å². The molecule has 0 aromatic heterocycles. The van der Waals surface area contributed by atoms with E-state index in [1.54, 1.807) is 0 Å². The summed E-state index contributed by atoms with van der Waals surface area (Å²) >= 11 is 0. The topological polar surface area (TPSA) is 86.8 Å². The first-order valence-electron chi connectivity index (χ1n) is 9.40. The van der Waals surface area contributed by atoms with Crippen LogP contribution in [0.2, 0.25) is 0 Å². The second-order valence-corrected chi connectivity index (χ2v) is 9.10. The zero-order valence-corrected chi connectivity index (χ0v) is 16.7. The van der Waals surface area contributed by atoms with Crippen LogP contribution in [-0.4, -0.2) is 55.6 Å². The molecule has 1 N–H and O–H groups in total. The number of hydrogen-bond donors (Lipinski definition) is 1. The van der Waals surface area contributed by atoms with Gasteiger partial charge in [-0.1, -0.05) is 18.2 Å². The third-order valence-electron chi connectivity index (χ3n) is 5.36. The normalized spacial score (nSPS) is 19.9. The van der Waals surface area contributed by atoms with Crippen molar-refractivity contribution in [1.29, 1.82) is 0 Å². The Hall–Kier alpha value is -2.85. The van der Waals surface area contributed by atoms with Crippen molar-refractivity contribution in [3.05, 3.63) is 59.7 Å². The Morgan fingerprint density at radius 3 is 2.43 bits per heavy atom. The van der Waals surface area contributed by atoms with Gasteiger partial charge in [0.25, 0.3) is 0 Å². The van der Waals surface area contributed by atoms with E-state index in [2.05, 4.69) is 5.32 Å². The molecule has 2 aromatic rings. The number of piperazine rings is 1. The molecule has 1 atom stereocenters. The number of halogens is 2. The van der Waals surface area contributed by atoms with Crippen molar-refractivity contribution in [1.82, 2.24) is 9.21 Å². The summed E-state index contributed by atoms with van der Waals surface area (Å²) in [6.45, 7) is 0.248. The van der Waals surface area contributed by atoms with E-state index in [0.29, 0.717) is 5.56 Å². The van der Waals surface area contributed by atoms with Crippen LogP contribution in [-0.2, 0) is 19.6 Å². The molecule has 7 nitrogen and oxygen atoms in total. The second kappa shape index (κ2) is 7.77. The van der Waals surface area contributed by atoms with E-state index >= 15 is 0 Å². The first-order chi connectivity index (χ1) is 14.3. The van der Waals surface area contributed by atoms with Crippen LogP contribution in [0.25, 0.3) is 0 Å². The maximum atomic E-state index is 14.0. The Balaban J connectivity index is 1.49. The van der Waals surface area contributed by atoms with E-state index in [9.17, 15) is 26.8 Å². The minimum Gasteiger partial charge on any atom is -0.340 e. The van der Waals surface area contributed by atoms with Gasteiger partial charge < -0.3 is 10.2 Å². The SMILES string of the molecule is O=C1C[C@H](C(=O)N2CCN(S(=O)(=O)c3ccccc3F)CC2)c2ccc(F)cc2N1. The molecule has 1 fully saturated rings. The van der Waals surface area contributed by atoms with E-state index in [1.165, 1.54) is 41.3 Å². The number of amides is 2. The zero-order chi connectivity index (χ0) is 21.5. The number of fused-ring (bicyclic) bond motifs is 1. The quantitative estimate of drug-likeness (QED) is 0.798. The van der Waals surface area contributed by atoms with Gasteiger partial charge in [0.05, 0.1) is 5.92 Å². The number of hydrogen-bond acceptors (Lipinski definition) is 4. The molecule has 1 saturated heterocycles. The Bertz CT molecular complexity index is 1110. The predicted molar refractivity (Wildman–Crippen MR) is 104 cm³/mol. The molecule has 0 spiro atoms. The Morgan fingerprint density at radius 2 is 1.73 bits per heavy atom. The molecule has 0 saturated carbocycles. The molecule has 30 heavy (non-hydrogen) atoms. The van der Waals surface area contributed by atoms with Crippen molar-refractivity contribution in [2.45, 2.75) is 17.2 Å². The van der Waals surface area contributed by atoms with Crippen molar-refractivity contribution in [3.8, 4) is 0 Å². The fourth-order valence-corrected chi connectivity index (χ4v) is 5.31. The lowest BCUT2D eigenvalue weighted by atomic mass is 9.89. The molecule has 0 bridgehead atoms. The van der Waals surface area contributed by atoms with Crippen LogP contribution < -0.4 is 5.32 Å². The molecular formula is C20H19F2N3O4S. The van der Waals surface area contributed by atoms with Gasteiger partial charge in [0, 0.05) is 38.3 Å². The van der Waals surface area contributed by atoms with Gasteiger partial charge >= 0.3 is 0 Å². The summed E-state index contributed by atoms with van der Waals surface area (Å²) in [6.07, 6.45) is -0.0643. The van der Waals surface area contributed by atoms with Crippen LogP contribution in [0.4, 0.5) is 14.5 Å². The van der Waals surface area contributed by atoms with Crippen LogP contribution in [0.15, 0.2) is 47.4 Å². The molecule has 0 unspecified atom stereocenters. The first-order valence-corrected chi connectivity index (χ1v) is 10.8. The number of benzene rings is 2. The molecule has 10 heteroatoms. The van der Waals surface area contributed by atoms with Gasteiger partial charge in [-0.25, -0.2) is 17.2 Å². The fourth-order valence-electron chi connectivity index (χ4n) is 3.82. The highest BCUT2D eigenvalue weighted by atomic mass is 32.2. The average Bonchev–Trinajstić information content (AvgIpc) is 2.72. The number of carbonyl (C=O) groups is 2. The number of anilines is 1. The van der Waals surface area contributed by atoms with Crippen LogP contribution >= 0.6 is 0 Å². The maximum Gasteiger partial charge on any atom is 0.246 e. The number of carbonyl (C=O) groups excluding carboxylic acids is 2. The third kappa shape index (κ3) is 3.68. The van der Waals surface area contributed by atoms with Crippen molar-refractivity contribution in [2.75, 3.05) is 31.5 Å². The minimum atomic E-state index is -4.01. The highest BCUT2D eigenvalue weighted by Gasteiger charge is 2.37. The highest BCUT2D eigenvalue weighted by molar-refractivity contribution is 7.89. The smallest absolute Gasteiger partial charge is 0.246 e. The summed E-state index contributed by atoms with van der Waals surface area (Å²) in [6, 6.07) is 9.03. The summed E-state index contributed by atoms with van der Waals surface area (Å²) in [5.74, 6) is -2.81. The van der Waals surface area contributed by atoms with Gasteiger partial charge in [-0.2, -0.15) is 4.31 Å². The first kappa shape index (κ1) is 20.4. The van der Waals surface area contributed by atoms with Gasteiger partial charge in [-0.05, 0) is 29.8 Å². The number of nitrogens with zero attached hydrogens (tertiary/aromatic N) is 2. The minimum absolute atomic E-state index is 0.0115. The van der Waals surface area contributed by atoms with Crippen LogP contribution in [0.5, 0.6) is 0 Å². The van der Waals surface area contributed by atoms with Gasteiger partial charge in [0.2, 0.25) is 21.8 Å². The number of nitrogens with one attached hydrogen (secondary N) is 1. The van der Waals surface area contributed by atoms with Crippen molar-refractivity contribution in [2.24, 2.45) is 0 Å². The molecule has 2 amide bonds. The van der Waals surface area contributed by atoms with Gasteiger partial charge in [0.1, 0.15) is 16.5 Å².